The zero-order chi connectivity index (χ0) is 21.1. The van der Waals surface area contributed by atoms with Gasteiger partial charge in [-0.25, -0.2) is 0 Å². The number of nitrogens with zero attached hydrogens (tertiary/aromatic N) is 1. The average molecular weight is 410 g/mol. The minimum Gasteiger partial charge on any atom is -0.497 e. The van der Waals surface area contributed by atoms with Crippen LogP contribution in [0.15, 0.2) is 42.5 Å². The molecule has 0 spiro atoms. The van der Waals surface area contributed by atoms with Crippen LogP contribution in [0.3, 0.4) is 0 Å². The van der Waals surface area contributed by atoms with E-state index in [1.54, 1.807) is 50.6 Å². The standard InChI is InChI=1S/C23H26N2O5/c1-28-17-12-10-16(11-13-17)25-20(26)14-30-22-18(8-5-9-19(22)29-2)21(25)23(27)24-15-6-3-4-7-15/h5,8-13,15,21H,3-4,6-7,14H2,1-2H3,(H,24,27). The van der Waals surface area contributed by atoms with Crippen molar-refractivity contribution in [1.82, 2.24) is 5.32 Å². The molecule has 1 aliphatic heterocycles. The van der Waals surface area contributed by atoms with Gasteiger partial charge in [0.1, 0.15) is 11.8 Å². The molecule has 30 heavy (non-hydrogen) atoms. The molecule has 1 fully saturated rings. The number of nitrogens with one attached hydrogen (secondary N) is 1. The molecule has 4 rings (SSSR count). The van der Waals surface area contributed by atoms with Crippen molar-refractivity contribution >= 4 is 17.5 Å². The SMILES string of the molecule is COc1ccc(N2C(=O)COc3c(OC)cccc3C2C(=O)NC2CCCC2)cc1. The third-order valence-corrected chi connectivity index (χ3v) is 5.69. The molecule has 1 saturated carbocycles. The minimum absolute atomic E-state index is 0.128. The number of para-hydroxylation sites is 1. The molecule has 1 atom stereocenters. The maximum absolute atomic E-state index is 13.5. The fourth-order valence-electron chi connectivity index (χ4n) is 4.19. The first-order valence-electron chi connectivity index (χ1n) is 10.2. The van der Waals surface area contributed by atoms with Gasteiger partial charge in [-0.3, -0.25) is 14.5 Å². The Morgan fingerprint density at radius 2 is 1.80 bits per heavy atom. The van der Waals surface area contributed by atoms with Crippen molar-refractivity contribution in [2.45, 2.75) is 37.8 Å². The highest BCUT2D eigenvalue weighted by Gasteiger charge is 2.39. The molecule has 0 saturated heterocycles. The van der Waals surface area contributed by atoms with Crippen molar-refractivity contribution in [3.05, 3.63) is 48.0 Å². The Labute approximate surface area is 175 Å². The Bertz CT molecular complexity index is 922. The lowest BCUT2D eigenvalue weighted by molar-refractivity contribution is -0.127. The summed E-state index contributed by atoms with van der Waals surface area (Å²) >= 11 is 0. The van der Waals surface area contributed by atoms with Gasteiger partial charge in [0.25, 0.3) is 5.91 Å². The van der Waals surface area contributed by atoms with Crippen LogP contribution in [0, 0.1) is 0 Å². The Morgan fingerprint density at radius 1 is 1.07 bits per heavy atom. The Hall–Kier alpha value is -3.22. The van der Waals surface area contributed by atoms with Crippen molar-refractivity contribution in [2.24, 2.45) is 0 Å². The Morgan fingerprint density at radius 3 is 2.47 bits per heavy atom. The van der Waals surface area contributed by atoms with Gasteiger partial charge in [0.05, 0.1) is 14.2 Å². The van der Waals surface area contributed by atoms with Crippen LogP contribution in [0.1, 0.15) is 37.3 Å². The summed E-state index contributed by atoms with van der Waals surface area (Å²) in [6, 6.07) is 11.7. The van der Waals surface area contributed by atoms with E-state index in [2.05, 4.69) is 5.32 Å². The topological polar surface area (TPSA) is 77.1 Å². The number of methoxy groups -OCH3 is 2. The lowest BCUT2D eigenvalue weighted by Gasteiger charge is -2.30. The summed E-state index contributed by atoms with van der Waals surface area (Å²) in [6.07, 6.45) is 4.11. The van der Waals surface area contributed by atoms with E-state index in [1.807, 2.05) is 6.07 Å². The molecular weight excluding hydrogens is 384 g/mol. The lowest BCUT2D eigenvalue weighted by atomic mass is 10.0. The van der Waals surface area contributed by atoms with Crippen LogP contribution >= 0.6 is 0 Å². The molecule has 0 aromatic heterocycles. The van der Waals surface area contributed by atoms with Crippen molar-refractivity contribution in [1.29, 1.82) is 0 Å². The second kappa shape index (κ2) is 8.65. The molecule has 2 aliphatic rings. The van der Waals surface area contributed by atoms with E-state index < -0.39 is 6.04 Å². The summed E-state index contributed by atoms with van der Waals surface area (Å²) in [4.78, 5) is 28.1. The minimum atomic E-state index is -0.862. The summed E-state index contributed by atoms with van der Waals surface area (Å²) in [6.45, 7) is -0.188. The average Bonchev–Trinajstić information content (AvgIpc) is 3.23. The molecule has 2 aromatic rings. The zero-order valence-electron chi connectivity index (χ0n) is 17.2. The first kappa shape index (κ1) is 20.1. The van der Waals surface area contributed by atoms with Crippen molar-refractivity contribution in [3.63, 3.8) is 0 Å². The van der Waals surface area contributed by atoms with Crippen molar-refractivity contribution in [3.8, 4) is 17.2 Å². The van der Waals surface area contributed by atoms with Gasteiger partial charge < -0.3 is 19.5 Å². The molecule has 7 heteroatoms. The molecule has 1 N–H and O–H groups in total. The maximum atomic E-state index is 13.5. The quantitative estimate of drug-likeness (QED) is 0.819. The monoisotopic (exact) mass is 410 g/mol. The van der Waals surface area contributed by atoms with Gasteiger partial charge in [-0.2, -0.15) is 0 Å². The van der Waals surface area contributed by atoms with Crippen LogP contribution < -0.4 is 24.4 Å². The molecule has 1 aliphatic carbocycles. The van der Waals surface area contributed by atoms with E-state index >= 15 is 0 Å². The number of hydrogen-bond donors (Lipinski definition) is 1. The number of carbonyl (C=O) groups excluding carboxylic acids is 2. The number of amides is 2. The number of rotatable bonds is 5. The molecule has 2 amide bonds. The van der Waals surface area contributed by atoms with Gasteiger partial charge in [-0.05, 0) is 43.2 Å². The molecule has 158 valence electrons. The van der Waals surface area contributed by atoms with Crippen LogP contribution in [0.25, 0.3) is 0 Å². The fourth-order valence-corrected chi connectivity index (χ4v) is 4.19. The molecule has 2 aromatic carbocycles. The van der Waals surface area contributed by atoms with Gasteiger partial charge in [-0.1, -0.05) is 25.0 Å². The summed E-state index contributed by atoms with van der Waals surface area (Å²) in [5.74, 6) is 1.08. The van der Waals surface area contributed by atoms with Gasteiger partial charge in [0, 0.05) is 17.3 Å². The van der Waals surface area contributed by atoms with Gasteiger partial charge >= 0.3 is 0 Å². The number of fused-ring (bicyclic) bond motifs is 1. The smallest absolute Gasteiger partial charge is 0.265 e. The maximum Gasteiger partial charge on any atom is 0.265 e. The summed E-state index contributed by atoms with van der Waals surface area (Å²) in [7, 11) is 3.13. The van der Waals surface area contributed by atoms with Crippen LogP contribution in [0.4, 0.5) is 5.69 Å². The van der Waals surface area contributed by atoms with E-state index in [4.69, 9.17) is 14.2 Å². The van der Waals surface area contributed by atoms with Gasteiger partial charge in [0.15, 0.2) is 18.1 Å². The van der Waals surface area contributed by atoms with Gasteiger partial charge in [-0.15, -0.1) is 0 Å². The van der Waals surface area contributed by atoms with E-state index in [0.717, 1.165) is 25.7 Å². The predicted molar refractivity (Wildman–Crippen MR) is 112 cm³/mol. The summed E-state index contributed by atoms with van der Waals surface area (Å²) in [5, 5.41) is 3.14. The first-order valence-corrected chi connectivity index (χ1v) is 10.2. The van der Waals surface area contributed by atoms with Gasteiger partial charge in [0.2, 0.25) is 5.91 Å². The first-order chi connectivity index (χ1) is 14.6. The molecular formula is C23H26N2O5. The molecule has 1 unspecified atom stereocenters. The third kappa shape index (κ3) is 3.79. The predicted octanol–water partition coefficient (Wildman–Crippen LogP) is 3.23. The fraction of sp³-hybridized carbons (Fsp3) is 0.391. The number of benzene rings is 2. The second-order valence-corrected chi connectivity index (χ2v) is 7.52. The summed E-state index contributed by atoms with van der Waals surface area (Å²) < 4.78 is 16.5. The molecule has 0 radical (unpaired) electrons. The van der Waals surface area contributed by atoms with Crippen LogP contribution in [0.2, 0.25) is 0 Å². The largest absolute Gasteiger partial charge is 0.497 e. The lowest BCUT2D eigenvalue weighted by Crippen LogP contribution is -2.46. The van der Waals surface area contributed by atoms with E-state index in [9.17, 15) is 9.59 Å². The molecule has 1 heterocycles. The normalized spacial score (nSPS) is 18.9. The third-order valence-electron chi connectivity index (χ3n) is 5.69. The second-order valence-electron chi connectivity index (χ2n) is 7.52. The van der Waals surface area contributed by atoms with Crippen LogP contribution in [-0.4, -0.2) is 38.7 Å². The van der Waals surface area contributed by atoms with Crippen molar-refractivity contribution < 1.29 is 23.8 Å². The zero-order valence-corrected chi connectivity index (χ0v) is 17.2. The van der Waals surface area contributed by atoms with Crippen molar-refractivity contribution in [2.75, 3.05) is 25.7 Å². The highest BCUT2D eigenvalue weighted by Crippen LogP contribution is 2.41. The van der Waals surface area contributed by atoms with Crippen LogP contribution in [-0.2, 0) is 9.59 Å². The Balaban J connectivity index is 1.79. The highest BCUT2D eigenvalue weighted by molar-refractivity contribution is 6.03. The van der Waals surface area contributed by atoms with Crippen LogP contribution in [0.5, 0.6) is 17.2 Å². The molecule has 7 nitrogen and oxygen atoms in total. The Kier molecular flexibility index (Phi) is 5.79. The number of hydrogen-bond acceptors (Lipinski definition) is 5. The van der Waals surface area contributed by atoms with E-state index in [-0.39, 0.29) is 24.5 Å². The summed E-state index contributed by atoms with van der Waals surface area (Å²) in [5.41, 5.74) is 1.21. The molecule has 0 bridgehead atoms. The number of carbonyl (C=O) groups is 2. The number of ether oxygens (including phenoxy) is 3. The van der Waals surface area contributed by atoms with E-state index in [1.165, 1.54) is 4.90 Å². The number of anilines is 1. The van der Waals surface area contributed by atoms with E-state index in [0.29, 0.717) is 28.5 Å². The highest BCUT2D eigenvalue weighted by atomic mass is 16.5.